The Kier molecular flexibility index (Phi) is 4.21. The van der Waals surface area contributed by atoms with E-state index in [1.807, 2.05) is 34.9 Å². The van der Waals surface area contributed by atoms with Crippen molar-refractivity contribution in [2.75, 3.05) is 25.5 Å². The second-order valence-electron chi connectivity index (χ2n) is 6.73. The Morgan fingerprint density at radius 3 is 2.84 bits per heavy atom. The fraction of sp³-hybridized carbons (Fsp3) is 0.368. The van der Waals surface area contributed by atoms with Crippen LogP contribution >= 0.6 is 12.2 Å². The fourth-order valence-corrected chi connectivity index (χ4v) is 4.26. The zero-order valence-electron chi connectivity index (χ0n) is 14.1. The number of thiocarbonyl (C=S) groups is 1. The number of rotatable bonds is 2. The summed E-state index contributed by atoms with van der Waals surface area (Å²) in [6, 6.07) is 13.4. The number of fused-ring (bicyclic) bond motifs is 4. The van der Waals surface area contributed by atoms with E-state index in [2.05, 4.69) is 16.3 Å². The van der Waals surface area contributed by atoms with Crippen molar-refractivity contribution >= 4 is 23.0 Å². The van der Waals surface area contributed by atoms with Gasteiger partial charge in [0.15, 0.2) is 5.11 Å². The molecule has 1 saturated heterocycles. The van der Waals surface area contributed by atoms with Crippen LogP contribution < -0.4 is 15.6 Å². The summed E-state index contributed by atoms with van der Waals surface area (Å²) in [4.78, 5) is 14.3. The van der Waals surface area contributed by atoms with Gasteiger partial charge in [-0.3, -0.25) is 4.79 Å². The van der Waals surface area contributed by atoms with Gasteiger partial charge in [-0.2, -0.15) is 0 Å². The van der Waals surface area contributed by atoms with Gasteiger partial charge in [-0.25, -0.2) is 0 Å². The molecular formula is C19H21N3O2S. The largest absolute Gasteiger partial charge is 0.495 e. The second-order valence-corrected chi connectivity index (χ2v) is 7.12. The zero-order chi connectivity index (χ0) is 17.4. The summed E-state index contributed by atoms with van der Waals surface area (Å²) in [5.41, 5.74) is 2.12. The van der Waals surface area contributed by atoms with Crippen LogP contribution in [-0.4, -0.2) is 34.8 Å². The summed E-state index contributed by atoms with van der Waals surface area (Å²) in [5.74, 6) is 1.57. The molecule has 3 heterocycles. The molecule has 0 spiro atoms. The standard InChI is InChI=1S/C19H21N3O2S/c1-24-17-7-3-2-5-15(17)20-19(25)21-10-13-9-14(12-21)16-6-4-8-18(23)22(16)11-13/h2-8,13-14H,9-12H2,1H3,(H,20,25)/t13-,14-/m0/s1. The number of benzene rings is 1. The molecule has 2 bridgehead atoms. The van der Waals surface area contributed by atoms with Crippen LogP contribution in [0, 0.1) is 5.92 Å². The Hall–Kier alpha value is -2.34. The SMILES string of the molecule is COc1ccccc1NC(=S)N1C[C@@H]2C[C@@H](C1)c1cccc(=O)n1C2. The van der Waals surface area contributed by atoms with Gasteiger partial charge >= 0.3 is 0 Å². The molecule has 0 radical (unpaired) electrons. The lowest BCUT2D eigenvalue weighted by molar-refractivity contribution is 0.180. The van der Waals surface area contributed by atoms with Crippen molar-refractivity contribution < 1.29 is 4.74 Å². The minimum atomic E-state index is 0.107. The number of pyridine rings is 1. The van der Waals surface area contributed by atoms with E-state index in [0.717, 1.165) is 43.2 Å². The number of anilines is 1. The quantitative estimate of drug-likeness (QED) is 0.840. The summed E-state index contributed by atoms with van der Waals surface area (Å²) in [7, 11) is 1.66. The lowest BCUT2D eigenvalue weighted by Crippen LogP contribution is -2.50. The van der Waals surface area contributed by atoms with Crippen LogP contribution in [0.15, 0.2) is 47.3 Å². The molecule has 0 aliphatic carbocycles. The lowest BCUT2D eigenvalue weighted by Gasteiger charge is -2.43. The van der Waals surface area contributed by atoms with Crippen molar-refractivity contribution in [1.29, 1.82) is 0 Å². The maximum atomic E-state index is 12.1. The normalized spacial score (nSPS) is 21.4. The van der Waals surface area contributed by atoms with Gasteiger partial charge < -0.3 is 19.5 Å². The summed E-state index contributed by atoms with van der Waals surface area (Å²) in [5, 5.41) is 4.03. The first kappa shape index (κ1) is 16.1. The molecular weight excluding hydrogens is 334 g/mol. The van der Waals surface area contributed by atoms with Crippen LogP contribution in [0.1, 0.15) is 18.0 Å². The van der Waals surface area contributed by atoms with Crippen LogP contribution in [0.4, 0.5) is 5.69 Å². The molecule has 130 valence electrons. The van der Waals surface area contributed by atoms with Gasteiger partial charge in [-0.15, -0.1) is 0 Å². The first-order valence-electron chi connectivity index (χ1n) is 8.54. The molecule has 2 aliphatic heterocycles. The highest BCUT2D eigenvalue weighted by Gasteiger charge is 2.35. The highest BCUT2D eigenvalue weighted by Crippen LogP contribution is 2.35. The van der Waals surface area contributed by atoms with Crippen LogP contribution in [0.5, 0.6) is 5.75 Å². The topological polar surface area (TPSA) is 46.5 Å². The number of nitrogens with one attached hydrogen (secondary N) is 1. The van der Waals surface area contributed by atoms with E-state index >= 15 is 0 Å². The molecule has 1 N–H and O–H groups in total. The monoisotopic (exact) mass is 355 g/mol. The van der Waals surface area contributed by atoms with Gasteiger partial charge in [0.05, 0.1) is 12.8 Å². The van der Waals surface area contributed by atoms with Crippen molar-refractivity contribution in [2.45, 2.75) is 18.9 Å². The highest BCUT2D eigenvalue weighted by atomic mass is 32.1. The molecule has 1 fully saturated rings. The van der Waals surface area contributed by atoms with Crippen molar-refractivity contribution in [2.24, 2.45) is 5.92 Å². The van der Waals surface area contributed by atoms with E-state index in [9.17, 15) is 4.79 Å². The molecule has 6 heteroatoms. The van der Waals surface area contributed by atoms with E-state index in [1.165, 1.54) is 0 Å². The molecule has 2 aliphatic rings. The third-order valence-electron chi connectivity index (χ3n) is 5.12. The molecule has 1 aromatic heterocycles. The number of ether oxygens (including phenoxy) is 1. The van der Waals surface area contributed by atoms with Gasteiger partial charge in [0.2, 0.25) is 0 Å². The van der Waals surface area contributed by atoms with Gasteiger partial charge in [0.1, 0.15) is 5.75 Å². The van der Waals surface area contributed by atoms with E-state index in [4.69, 9.17) is 17.0 Å². The highest BCUT2D eigenvalue weighted by molar-refractivity contribution is 7.80. The number of hydrogen-bond donors (Lipinski definition) is 1. The predicted octanol–water partition coefficient (Wildman–Crippen LogP) is 2.67. The van der Waals surface area contributed by atoms with Crippen LogP contribution in [0.2, 0.25) is 0 Å². The maximum absolute atomic E-state index is 12.1. The molecule has 4 rings (SSSR count). The summed E-state index contributed by atoms with van der Waals surface area (Å²) >= 11 is 5.66. The number of likely N-dealkylation sites (tertiary alicyclic amines) is 1. The Bertz CT molecular complexity index is 864. The Morgan fingerprint density at radius 2 is 2.00 bits per heavy atom. The van der Waals surface area contributed by atoms with E-state index < -0.39 is 0 Å². The van der Waals surface area contributed by atoms with Crippen LogP contribution in [0.3, 0.4) is 0 Å². The third-order valence-corrected chi connectivity index (χ3v) is 5.48. The zero-order valence-corrected chi connectivity index (χ0v) is 15.0. The summed E-state index contributed by atoms with van der Waals surface area (Å²) < 4.78 is 7.33. The van der Waals surface area contributed by atoms with Crippen molar-refractivity contribution in [1.82, 2.24) is 9.47 Å². The number of para-hydroxylation sites is 2. The average molecular weight is 355 g/mol. The van der Waals surface area contributed by atoms with Crippen LogP contribution in [-0.2, 0) is 6.54 Å². The lowest BCUT2D eigenvalue weighted by atomic mass is 9.83. The minimum Gasteiger partial charge on any atom is -0.495 e. The molecule has 1 aromatic carbocycles. The van der Waals surface area contributed by atoms with Crippen molar-refractivity contribution in [3.8, 4) is 5.75 Å². The van der Waals surface area contributed by atoms with E-state index in [0.29, 0.717) is 16.9 Å². The molecule has 5 nitrogen and oxygen atoms in total. The second kappa shape index (κ2) is 6.52. The summed E-state index contributed by atoms with van der Waals surface area (Å²) in [6.07, 6.45) is 1.12. The molecule has 25 heavy (non-hydrogen) atoms. The number of nitrogens with zero attached hydrogens (tertiary/aromatic N) is 2. The number of aromatic nitrogens is 1. The molecule has 0 saturated carbocycles. The molecule has 2 atom stereocenters. The fourth-order valence-electron chi connectivity index (χ4n) is 4.00. The summed E-state index contributed by atoms with van der Waals surface area (Å²) in [6.45, 7) is 2.48. The maximum Gasteiger partial charge on any atom is 0.250 e. The van der Waals surface area contributed by atoms with Gasteiger partial charge in [-0.1, -0.05) is 18.2 Å². The molecule has 2 aromatic rings. The van der Waals surface area contributed by atoms with E-state index in [-0.39, 0.29) is 5.56 Å². The van der Waals surface area contributed by atoms with Crippen molar-refractivity contribution in [3.63, 3.8) is 0 Å². The first-order valence-corrected chi connectivity index (χ1v) is 8.95. The Labute approximate surface area is 152 Å². The smallest absolute Gasteiger partial charge is 0.250 e. The predicted molar refractivity (Wildman–Crippen MR) is 102 cm³/mol. The third kappa shape index (κ3) is 3.02. The van der Waals surface area contributed by atoms with Gasteiger partial charge in [0.25, 0.3) is 5.56 Å². The molecule has 0 unspecified atom stereocenters. The Morgan fingerprint density at radius 1 is 1.16 bits per heavy atom. The number of methoxy groups -OCH3 is 1. The number of hydrogen-bond acceptors (Lipinski definition) is 3. The van der Waals surface area contributed by atoms with Gasteiger partial charge in [-0.05, 0) is 42.8 Å². The van der Waals surface area contributed by atoms with Crippen LogP contribution in [0.25, 0.3) is 0 Å². The van der Waals surface area contributed by atoms with Crippen molar-refractivity contribution in [3.05, 3.63) is 58.5 Å². The van der Waals surface area contributed by atoms with E-state index in [1.54, 1.807) is 13.2 Å². The van der Waals surface area contributed by atoms with Gasteiger partial charge in [0, 0.05) is 37.3 Å². The minimum absolute atomic E-state index is 0.107. The number of piperidine rings is 1. The first-order chi connectivity index (χ1) is 12.2. The Balaban J connectivity index is 1.54. The average Bonchev–Trinajstić information content (AvgIpc) is 2.63. The molecule has 0 amide bonds.